The molecule has 0 saturated carbocycles. The molecule has 0 fully saturated rings. The molecule has 0 aromatic heterocycles. The van der Waals surface area contributed by atoms with Crippen molar-refractivity contribution in [3.05, 3.63) is 95.1 Å². The standard InChI is InChI=1S/C38H42S2/c1-37(2)29-19-28-30(20-27(29)35-25-17-13-11-15-23(25)33(21-31(35)37)39(5,6)7)38(3,4)32-22-34(40(8,9)10)24-16-12-14-18-26(24)36(28)32/h11-22H,1-10H3. The van der Waals surface area contributed by atoms with Crippen LogP contribution in [0.15, 0.2) is 82.6 Å². The zero-order chi connectivity index (χ0) is 28.6. The summed E-state index contributed by atoms with van der Waals surface area (Å²) in [5, 5.41) is 5.70. The maximum atomic E-state index is 2.59. The van der Waals surface area contributed by atoms with Crippen LogP contribution in [0.3, 0.4) is 0 Å². The van der Waals surface area contributed by atoms with Gasteiger partial charge in [0.2, 0.25) is 0 Å². The Labute approximate surface area is 243 Å². The van der Waals surface area contributed by atoms with Crippen molar-refractivity contribution in [3.8, 4) is 22.3 Å². The molecule has 2 heteroatoms. The molecular formula is C38H42S2. The summed E-state index contributed by atoms with van der Waals surface area (Å²) < 4.78 is 0. The molecule has 5 aromatic carbocycles. The Hall–Kier alpha value is -2.68. The van der Waals surface area contributed by atoms with Crippen molar-refractivity contribution in [2.75, 3.05) is 37.5 Å². The Morgan fingerprint density at radius 1 is 0.425 bits per heavy atom. The van der Waals surface area contributed by atoms with Crippen LogP contribution in [-0.2, 0) is 10.8 Å². The van der Waals surface area contributed by atoms with Crippen molar-refractivity contribution in [1.29, 1.82) is 0 Å². The molecular weight excluding hydrogens is 521 g/mol. The van der Waals surface area contributed by atoms with E-state index in [0.29, 0.717) is 0 Å². The molecule has 0 atom stereocenters. The van der Waals surface area contributed by atoms with E-state index >= 15 is 0 Å². The quantitative estimate of drug-likeness (QED) is 0.201. The van der Waals surface area contributed by atoms with Crippen LogP contribution < -0.4 is 0 Å². The van der Waals surface area contributed by atoms with Crippen LogP contribution in [0.25, 0.3) is 43.8 Å². The largest absolute Gasteiger partial charge is 0.223 e. The van der Waals surface area contributed by atoms with Crippen molar-refractivity contribution in [2.24, 2.45) is 0 Å². The average molecular weight is 563 g/mol. The molecule has 0 saturated heterocycles. The second-order valence-corrected chi connectivity index (χ2v) is 22.8. The molecule has 0 spiro atoms. The minimum Gasteiger partial charge on any atom is -0.223 e. The molecule has 0 unspecified atom stereocenters. The first-order chi connectivity index (χ1) is 18.6. The second-order valence-electron chi connectivity index (χ2n) is 14.6. The molecule has 0 heterocycles. The van der Waals surface area contributed by atoms with Gasteiger partial charge in [-0.25, -0.2) is 20.1 Å². The maximum Gasteiger partial charge on any atom is 0.0159 e. The highest BCUT2D eigenvalue weighted by atomic mass is 32.3. The fraction of sp³-hybridized carbons (Fsp3) is 0.316. The van der Waals surface area contributed by atoms with Gasteiger partial charge >= 0.3 is 0 Å². The van der Waals surface area contributed by atoms with Gasteiger partial charge in [0, 0.05) is 10.8 Å². The highest BCUT2D eigenvalue weighted by Crippen LogP contribution is 2.62. The molecule has 0 N–H and O–H groups in total. The number of hydrogen-bond acceptors (Lipinski definition) is 0. The van der Waals surface area contributed by atoms with E-state index in [4.69, 9.17) is 0 Å². The number of fused-ring (bicyclic) bond motifs is 10. The van der Waals surface area contributed by atoms with Gasteiger partial charge in [0.15, 0.2) is 0 Å². The van der Waals surface area contributed by atoms with Gasteiger partial charge in [-0.1, -0.05) is 76.2 Å². The highest BCUT2D eigenvalue weighted by molar-refractivity contribution is 8.32. The summed E-state index contributed by atoms with van der Waals surface area (Å²) in [6, 6.07) is 28.7. The lowest BCUT2D eigenvalue weighted by molar-refractivity contribution is 0.651. The lowest BCUT2D eigenvalue weighted by atomic mass is 9.79. The van der Waals surface area contributed by atoms with Crippen molar-refractivity contribution >= 4 is 41.6 Å². The van der Waals surface area contributed by atoms with E-state index in [-0.39, 0.29) is 10.8 Å². The molecule has 2 aliphatic rings. The lowest BCUT2D eigenvalue weighted by Crippen LogP contribution is -2.17. The number of hydrogen-bond donors (Lipinski definition) is 0. The molecule has 206 valence electrons. The van der Waals surface area contributed by atoms with Crippen LogP contribution in [0.1, 0.15) is 49.9 Å². The third-order valence-corrected chi connectivity index (χ3v) is 13.0. The summed E-state index contributed by atoms with van der Waals surface area (Å²) >= 11 is 0. The Kier molecular flexibility index (Phi) is 5.24. The van der Waals surface area contributed by atoms with Crippen LogP contribution in [0.4, 0.5) is 0 Å². The van der Waals surface area contributed by atoms with Crippen LogP contribution >= 0.6 is 20.1 Å². The zero-order valence-electron chi connectivity index (χ0n) is 25.7. The van der Waals surface area contributed by atoms with Crippen molar-refractivity contribution in [3.63, 3.8) is 0 Å². The van der Waals surface area contributed by atoms with Gasteiger partial charge in [0.25, 0.3) is 0 Å². The Balaban J connectivity index is 1.59. The highest BCUT2D eigenvalue weighted by Gasteiger charge is 2.43. The second kappa shape index (κ2) is 7.99. The lowest BCUT2D eigenvalue weighted by Gasteiger charge is -2.31. The third-order valence-electron chi connectivity index (χ3n) is 9.72. The van der Waals surface area contributed by atoms with Crippen molar-refractivity contribution < 1.29 is 0 Å². The van der Waals surface area contributed by atoms with E-state index in [0.717, 1.165) is 0 Å². The van der Waals surface area contributed by atoms with Gasteiger partial charge in [0.1, 0.15) is 0 Å². The predicted octanol–water partition coefficient (Wildman–Crippen LogP) is 10.7. The number of rotatable bonds is 2. The van der Waals surface area contributed by atoms with Gasteiger partial charge < -0.3 is 0 Å². The SMILES string of the molecule is CC1(C)c2cc3c(cc2-c2c1cc(S(C)(C)C)c1ccccc21)C(C)(C)c1cc(S(C)(C)C)c2ccccc2c1-3. The maximum absolute atomic E-state index is 2.59. The summed E-state index contributed by atoms with van der Waals surface area (Å²) in [4.78, 5) is 3.06. The molecule has 2 aliphatic carbocycles. The first-order valence-electron chi connectivity index (χ1n) is 14.3. The van der Waals surface area contributed by atoms with Gasteiger partial charge in [0.05, 0.1) is 0 Å². The molecule has 0 nitrogen and oxygen atoms in total. The third kappa shape index (κ3) is 3.36. The average Bonchev–Trinajstić information content (AvgIpc) is 3.25. The van der Waals surface area contributed by atoms with Crippen LogP contribution in [0.5, 0.6) is 0 Å². The van der Waals surface area contributed by atoms with Crippen molar-refractivity contribution in [1.82, 2.24) is 0 Å². The first-order valence-corrected chi connectivity index (χ1v) is 20.0. The van der Waals surface area contributed by atoms with E-state index in [9.17, 15) is 0 Å². The molecule has 0 radical (unpaired) electrons. The Morgan fingerprint density at radius 2 is 0.750 bits per heavy atom. The summed E-state index contributed by atoms with van der Waals surface area (Å²) in [6.07, 6.45) is 14.6. The Morgan fingerprint density at radius 3 is 1.07 bits per heavy atom. The Bertz CT molecular complexity index is 1760. The fourth-order valence-corrected chi connectivity index (χ4v) is 10.2. The van der Waals surface area contributed by atoms with E-state index < -0.39 is 20.1 Å². The summed E-state index contributed by atoms with van der Waals surface area (Å²) in [7, 11) is -1.79. The van der Waals surface area contributed by atoms with Crippen LogP contribution in [-0.4, -0.2) is 37.5 Å². The molecule has 40 heavy (non-hydrogen) atoms. The molecule has 7 rings (SSSR count). The molecule has 0 amide bonds. The summed E-state index contributed by atoms with van der Waals surface area (Å²) in [6.45, 7) is 9.80. The zero-order valence-corrected chi connectivity index (χ0v) is 27.4. The minimum absolute atomic E-state index is 0.0542. The summed E-state index contributed by atoms with van der Waals surface area (Å²) in [5.41, 5.74) is 11.6. The van der Waals surface area contributed by atoms with Crippen LogP contribution in [0, 0.1) is 0 Å². The van der Waals surface area contributed by atoms with E-state index in [2.05, 4.69) is 138 Å². The number of benzene rings is 5. The molecule has 0 aliphatic heterocycles. The first kappa shape index (κ1) is 26.2. The van der Waals surface area contributed by atoms with Crippen molar-refractivity contribution in [2.45, 2.75) is 48.3 Å². The molecule has 0 bridgehead atoms. The van der Waals surface area contributed by atoms with Gasteiger partial charge in [-0.05, 0) is 138 Å². The van der Waals surface area contributed by atoms with E-state index in [1.54, 1.807) is 0 Å². The van der Waals surface area contributed by atoms with Gasteiger partial charge in [-0.3, -0.25) is 0 Å². The normalized spacial score (nSPS) is 17.4. The van der Waals surface area contributed by atoms with E-state index in [1.807, 2.05) is 0 Å². The van der Waals surface area contributed by atoms with E-state index in [1.165, 1.54) is 75.8 Å². The topological polar surface area (TPSA) is 0 Å². The fourth-order valence-electron chi connectivity index (χ4n) is 7.60. The monoisotopic (exact) mass is 562 g/mol. The van der Waals surface area contributed by atoms with Gasteiger partial charge in [-0.2, -0.15) is 0 Å². The smallest absolute Gasteiger partial charge is 0.0159 e. The summed E-state index contributed by atoms with van der Waals surface area (Å²) in [5.74, 6) is 0. The van der Waals surface area contributed by atoms with Gasteiger partial charge in [-0.15, -0.1) is 0 Å². The minimum atomic E-state index is -0.895. The van der Waals surface area contributed by atoms with Crippen LogP contribution in [0.2, 0.25) is 0 Å². The predicted molar refractivity (Wildman–Crippen MR) is 184 cm³/mol. The molecule has 5 aromatic rings.